The van der Waals surface area contributed by atoms with E-state index in [1.807, 2.05) is 6.92 Å². The number of methoxy groups -OCH3 is 2. The van der Waals surface area contributed by atoms with Crippen molar-refractivity contribution >= 4 is 17.5 Å². The summed E-state index contributed by atoms with van der Waals surface area (Å²) in [5.41, 5.74) is 3.22. The zero-order valence-corrected chi connectivity index (χ0v) is 19.4. The summed E-state index contributed by atoms with van der Waals surface area (Å²) in [6.45, 7) is 2.70. The number of rotatable bonds is 8. The van der Waals surface area contributed by atoms with E-state index >= 15 is 0 Å². The molecule has 0 N–H and O–H groups in total. The number of pyridine rings is 3. The highest BCUT2D eigenvalue weighted by molar-refractivity contribution is 6.09. The van der Waals surface area contributed by atoms with Gasteiger partial charge in [0.05, 0.1) is 49.6 Å². The van der Waals surface area contributed by atoms with Crippen LogP contribution in [0.15, 0.2) is 42.7 Å². The maximum Gasteiger partial charge on any atom is 0.260 e. The number of ether oxygens (including phenoxy) is 3. The average molecular weight is 463 g/mol. The highest BCUT2D eigenvalue weighted by Gasteiger charge is 2.30. The Labute approximate surface area is 197 Å². The smallest absolute Gasteiger partial charge is 0.260 e. The molecule has 3 aromatic heterocycles. The van der Waals surface area contributed by atoms with Gasteiger partial charge in [-0.15, -0.1) is 0 Å². The number of carbonyl (C=O) groups is 2. The topological polar surface area (TPSA) is 107 Å². The van der Waals surface area contributed by atoms with E-state index in [1.165, 1.54) is 7.11 Å². The first-order chi connectivity index (χ1) is 16.4. The second kappa shape index (κ2) is 9.74. The van der Waals surface area contributed by atoms with Crippen LogP contribution in [-0.2, 0) is 11.3 Å². The van der Waals surface area contributed by atoms with Crippen LogP contribution in [-0.4, -0.2) is 66.1 Å². The molecule has 0 bridgehead atoms. The number of anilines is 1. The molecular weight excluding hydrogens is 438 g/mol. The monoisotopic (exact) mass is 463 g/mol. The highest BCUT2D eigenvalue weighted by Crippen LogP contribution is 2.32. The molecule has 0 radical (unpaired) electrons. The number of likely N-dealkylation sites (N-methyl/N-ethyl adjacent to an activating group) is 1. The number of amides is 2. The third-order valence-corrected chi connectivity index (χ3v) is 5.56. The van der Waals surface area contributed by atoms with Crippen molar-refractivity contribution in [1.82, 2.24) is 19.9 Å². The quantitative estimate of drug-likeness (QED) is 0.502. The van der Waals surface area contributed by atoms with Gasteiger partial charge in [-0.1, -0.05) is 0 Å². The molecule has 0 spiro atoms. The molecule has 0 saturated carbocycles. The van der Waals surface area contributed by atoms with Gasteiger partial charge in [0.15, 0.2) is 12.4 Å². The molecule has 0 aromatic carbocycles. The molecule has 4 rings (SSSR count). The van der Waals surface area contributed by atoms with Crippen LogP contribution in [0.3, 0.4) is 0 Å². The molecule has 1 aliphatic rings. The van der Waals surface area contributed by atoms with E-state index in [-0.39, 0.29) is 18.4 Å². The summed E-state index contributed by atoms with van der Waals surface area (Å²) in [5.74, 6) is 0.902. The first-order valence-corrected chi connectivity index (χ1v) is 10.7. The lowest BCUT2D eigenvalue weighted by atomic mass is 10.1. The van der Waals surface area contributed by atoms with Gasteiger partial charge < -0.3 is 24.0 Å². The fourth-order valence-corrected chi connectivity index (χ4v) is 3.46. The van der Waals surface area contributed by atoms with Crippen molar-refractivity contribution in [2.75, 3.05) is 39.3 Å². The van der Waals surface area contributed by atoms with E-state index in [1.54, 1.807) is 66.7 Å². The lowest BCUT2D eigenvalue weighted by molar-refractivity contribution is -0.131. The second-order valence-corrected chi connectivity index (χ2v) is 7.57. The van der Waals surface area contributed by atoms with Crippen molar-refractivity contribution in [3.63, 3.8) is 0 Å². The van der Waals surface area contributed by atoms with Crippen LogP contribution in [0.5, 0.6) is 17.5 Å². The Morgan fingerprint density at radius 2 is 1.94 bits per heavy atom. The first-order valence-electron chi connectivity index (χ1n) is 10.7. The summed E-state index contributed by atoms with van der Waals surface area (Å²) in [4.78, 5) is 41.2. The van der Waals surface area contributed by atoms with Gasteiger partial charge in [0.25, 0.3) is 17.7 Å². The van der Waals surface area contributed by atoms with Crippen molar-refractivity contribution in [2.45, 2.75) is 13.5 Å². The third kappa shape index (κ3) is 4.47. The summed E-state index contributed by atoms with van der Waals surface area (Å²) in [7, 11) is 4.78. The number of fused-ring (bicyclic) bond motifs is 1. The predicted octanol–water partition coefficient (Wildman–Crippen LogP) is 2.57. The minimum absolute atomic E-state index is 0.0948. The lowest BCUT2D eigenvalue weighted by Crippen LogP contribution is -2.31. The Morgan fingerprint density at radius 1 is 1.12 bits per heavy atom. The Hall–Kier alpha value is -4.21. The molecule has 10 nitrogen and oxygen atoms in total. The van der Waals surface area contributed by atoms with E-state index in [2.05, 4.69) is 15.0 Å². The number of hydrogen-bond acceptors (Lipinski definition) is 8. The SMILES string of the molecule is CCN(C)C(=O)COc1ccc(N2Cc3nc(-c4cnc(OC)c(OC)c4)ccc3C2=O)cn1. The van der Waals surface area contributed by atoms with Gasteiger partial charge in [-0.3, -0.25) is 14.6 Å². The maximum atomic E-state index is 13.0. The van der Waals surface area contributed by atoms with Gasteiger partial charge in [-0.2, -0.15) is 0 Å². The van der Waals surface area contributed by atoms with E-state index < -0.39 is 0 Å². The van der Waals surface area contributed by atoms with Crippen molar-refractivity contribution in [3.8, 4) is 28.8 Å². The van der Waals surface area contributed by atoms with Crippen LogP contribution in [0, 0.1) is 0 Å². The fourth-order valence-electron chi connectivity index (χ4n) is 3.46. The molecule has 1 aliphatic heterocycles. The Bertz CT molecular complexity index is 1210. The van der Waals surface area contributed by atoms with Gasteiger partial charge in [-0.05, 0) is 31.2 Å². The lowest BCUT2D eigenvalue weighted by Gasteiger charge is -2.16. The van der Waals surface area contributed by atoms with Crippen LogP contribution in [0.2, 0.25) is 0 Å². The molecule has 0 aliphatic carbocycles. The molecule has 0 unspecified atom stereocenters. The molecule has 0 atom stereocenters. The maximum absolute atomic E-state index is 13.0. The largest absolute Gasteiger partial charge is 0.491 e. The van der Waals surface area contributed by atoms with Gasteiger partial charge >= 0.3 is 0 Å². The van der Waals surface area contributed by atoms with Crippen molar-refractivity contribution in [3.05, 3.63) is 54.0 Å². The zero-order chi connectivity index (χ0) is 24.2. The van der Waals surface area contributed by atoms with Crippen LogP contribution in [0.4, 0.5) is 5.69 Å². The predicted molar refractivity (Wildman–Crippen MR) is 124 cm³/mol. The number of nitrogens with zero attached hydrogens (tertiary/aromatic N) is 5. The van der Waals surface area contributed by atoms with E-state index in [0.29, 0.717) is 53.2 Å². The van der Waals surface area contributed by atoms with Gasteiger partial charge in [0, 0.05) is 31.4 Å². The Morgan fingerprint density at radius 3 is 2.62 bits per heavy atom. The molecule has 10 heteroatoms. The molecule has 0 saturated heterocycles. The summed E-state index contributed by atoms with van der Waals surface area (Å²) in [6, 6.07) is 8.71. The summed E-state index contributed by atoms with van der Waals surface area (Å²) in [5, 5.41) is 0. The molecule has 34 heavy (non-hydrogen) atoms. The third-order valence-electron chi connectivity index (χ3n) is 5.56. The Balaban J connectivity index is 1.49. The summed E-state index contributed by atoms with van der Waals surface area (Å²) < 4.78 is 16.0. The standard InChI is InChI=1S/C24H25N5O5/c1-5-28(2)22(30)14-34-21-9-6-16(12-25-21)29-13-19-17(24(29)31)7-8-18(27-19)15-10-20(32-3)23(33-4)26-11-15/h6-12H,5,13-14H2,1-4H3. The molecule has 4 heterocycles. The molecule has 3 aromatic rings. The van der Waals surface area contributed by atoms with E-state index in [9.17, 15) is 9.59 Å². The van der Waals surface area contributed by atoms with Crippen molar-refractivity contribution in [1.29, 1.82) is 0 Å². The first kappa shape index (κ1) is 23.0. The second-order valence-electron chi connectivity index (χ2n) is 7.57. The van der Waals surface area contributed by atoms with E-state index in [4.69, 9.17) is 14.2 Å². The minimum atomic E-state index is -0.158. The number of hydrogen-bond donors (Lipinski definition) is 0. The van der Waals surface area contributed by atoms with E-state index in [0.717, 1.165) is 5.56 Å². The van der Waals surface area contributed by atoms with Crippen LogP contribution in [0.25, 0.3) is 11.3 Å². The highest BCUT2D eigenvalue weighted by atomic mass is 16.5. The van der Waals surface area contributed by atoms with Crippen LogP contribution >= 0.6 is 0 Å². The Kier molecular flexibility index (Phi) is 6.58. The summed E-state index contributed by atoms with van der Waals surface area (Å²) >= 11 is 0. The number of aromatic nitrogens is 3. The van der Waals surface area contributed by atoms with Crippen LogP contribution in [0.1, 0.15) is 23.0 Å². The van der Waals surface area contributed by atoms with Crippen LogP contribution < -0.4 is 19.1 Å². The van der Waals surface area contributed by atoms with Gasteiger partial charge in [-0.25, -0.2) is 9.97 Å². The van der Waals surface area contributed by atoms with Crippen molar-refractivity contribution in [2.24, 2.45) is 0 Å². The van der Waals surface area contributed by atoms with Gasteiger partial charge in [0.1, 0.15) is 0 Å². The fraction of sp³-hybridized carbons (Fsp3) is 0.292. The van der Waals surface area contributed by atoms with Crippen molar-refractivity contribution < 1.29 is 23.8 Å². The minimum Gasteiger partial charge on any atom is -0.491 e. The molecule has 176 valence electrons. The summed E-state index contributed by atoms with van der Waals surface area (Å²) in [6.07, 6.45) is 3.20. The van der Waals surface area contributed by atoms with Gasteiger partial charge in [0.2, 0.25) is 5.88 Å². The molecule has 0 fully saturated rings. The average Bonchev–Trinajstić information content (AvgIpc) is 3.22. The normalized spacial score (nSPS) is 12.4. The molecule has 2 amide bonds. The zero-order valence-electron chi connectivity index (χ0n) is 19.4. The molecular formula is C24H25N5O5. The number of carbonyl (C=O) groups excluding carboxylic acids is 2.